The second kappa shape index (κ2) is 10.2. The number of amides is 1. The van der Waals surface area contributed by atoms with Crippen molar-refractivity contribution < 1.29 is 22.7 Å². The van der Waals surface area contributed by atoms with E-state index in [-0.39, 0.29) is 21.5 Å². The second-order valence-electron chi connectivity index (χ2n) is 8.40. The number of hydrogen-bond donors (Lipinski definition) is 1. The van der Waals surface area contributed by atoms with Gasteiger partial charge in [-0.1, -0.05) is 42.3 Å². The number of nitrogens with zero attached hydrogens (tertiary/aromatic N) is 1. The Bertz CT molecular complexity index is 1150. The number of nitrogens with one attached hydrogen (secondary N) is 1. The van der Waals surface area contributed by atoms with Crippen LogP contribution in [0.5, 0.6) is 0 Å². The van der Waals surface area contributed by atoms with Crippen LogP contribution in [0, 0.1) is 0 Å². The van der Waals surface area contributed by atoms with Crippen molar-refractivity contribution in [2.24, 2.45) is 0 Å². The second-order valence-corrected chi connectivity index (χ2v) is 10.7. The topological polar surface area (TPSA) is 92.8 Å². The van der Waals surface area contributed by atoms with Crippen LogP contribution in [0.2, 0.25) is 5.02 Å². The lowest BCUT2D eigenvalue weighted by Crippen LogP contribution is -2.36. The summed E-state index contributed by atoms with van der Waals surface area (Å²) >= 11 is 6.16. The predicted octanol–water partition coefficient (Wildman–Crippen LogP) is 3.87. The van der Waals surface area contributed by atoms with Gasteiger partial charge < -0.3 is 10.1 Å². The first-order chi connectivity index (χ1) is 15.9. The van der Waals surface area contributed by atoms with Crippen LogP contribution in [0.1, 0.15) is 59.6 Å². The van der Waals surface area contributed by atoms with E-state index in [0.29, 0.717) is 13.1 Å². The van der Waals surface area contributed by atoms with Crippen LogP contribution >= 0.6 is 11.6 Å². The molecule has 0 aromatic heterocycles. The minimum atomic E-state index is -3.81. The molecule has 1 unspecified atom stereocenters. The number of rotatable bonds is 6. The normalized spacial score (nSPS) is 18.9. The van der Waals surface area contributed by atoms with Crippen molar-refractivity contribution in [3.05, 3.63) is 64.2 Å². The first-order valence-electron chi connectivity index (χ1n) is 11.2. The number of esters is 1. The van der Waals surface area contributed by atoms with E-state index < -0.39 is 28.5 Å². The van der Waals surface area contributed by atoms with Gasteiger partial charge in [-0.2, -0.15) is 4.31 Å². The van der Waals surface area contributed by atoms with Gasteiger partial charge in [-0.25, -0.2) is 13.2 Å². The fourth-order valence-electron chi connectivity index (χ4n) is 4.43. The lowest BCUT2D eigenvalue weighted by molar-refractivity contribution is -0.125. The Morgan fingerprint density at radius 1 is 1.06 bits per heavy atom. The third kappa shape index (κ3) is 5.39. The van der Waals surface area contributed by atoms with Crippen LogP contribution in [-0.4, -0.2) is 44.3 Å². The fourth-order valence-corrected chi connectivity index (χ4v) is 6.44. The largest absolute Gasteiger partial charge is 0.452 e. The number of benzene rings is 2. The van der Waals surface area contributed by atoms with E-state index in [1.807, 2.05) is 18.2 Å². The van der Waals surface area contributed by atoms with Crippen LogP contribution in [0.3, 0.4) is 0 Å². The summed E-state index contributed by atoms with van der Waals surface area (Å²) < 4.78 is 32.6. The Morgan fingerprint density at radius 2 is 1.82 bits per heavy atom. The Labute approximate surface area is 199 Å². The van der Waals surface area contributed by atoms with Crippen molar-refractivity contribution in [1.82, 2.24) is 9.62 Å². The standard InChI is InChI=1S/C24H27ClN2O5S/c25-20-12-11-18(15-22(20)33(30,31)27-13-4-1-5-14-27)24(29)32-16-23(28)26-21-10-6-8-17-7-2-3-9-19(17)21/h2-3,7,9,11-12,15,21H,1,4-6,8,10,13-14,16H2,(H,26,28). The Hall–Kier alpha value is -2.42. The van der Waals surface area contributed by atoms with Crippen LogP contribution in [0.4, 0.5) is 0 Å². The molecule has 0 spiro atoms. The summed E-state index contributed by atoms with van der Waals surface area (Å²) in [7, 11) is -3.81. The first-order valence-corrected chi connectivity index (χ1v) is 13.0. The van der Waals surface area contributed by atoms with Crippen molar-refractivity contribution in [1.29, 1.82) is 0 Å². The molecular weight excluding hydrogens is 464 g/mol. The quantitative estimate of drug-likeness (QED) is 0.620. The number of aryl methyl sites for hydroxylation is 1. The van der Waals surface area contributed by atoms with Crippen molar-refractivity contribution in [3.63, 3.8) is 0 Å². The molecule has 1 N–H and O–H groups in total. The van der Waals surface area contributed by atoms with Gasteiger partial charge in [0.15, 0.2) is 6.61 Å². The third-order valence-corrected chi connectivity index (χ3v) is 8.52. The molecule has 0 saturated carbocycles. The van der Waals surface area contributed by atoms with E-state index >= 15 is 0 Å². The minimum absolute atomic E-state index is 0.0331. The highest BCUT2D eigenvalue weighted by Crippen LogP contribution is 2.30. The van der Waals surface area contributed by atoms with E-state index in [1.165, 1.54) is 28.1 Å². The molecule has 9 heteroatoms. The number of carbonyl (C=O) groups is 2. The summed E-state index contributed by atoms with van der Waals surface area (Å²) in [6.45, 7) is 0.407. The third-order valence-electron chi connectivity index (χ3n) is 6.14. The molecular formula is C24H27ClN2O5S. The van der Waals surface area contributed by atoms with Crippen molar-refractivity contribution in [2.45, 2.75) is 49.5 Å². The number of halogens is 1. The Balaban J connectivity index is 1.40. The molecule has 1 amide bonds. The number of ether oxygens (including phenoxy) is 1. The molecule has 2 aromatic carbocycles. The average Bonchev–Trinajstić information content (AvgIpc) is 2.83. The lowest BCUT2D eigenvalue weighted by Gasteiger charge is -2.26. The molecule has 33 heavy (non-hydrogen) atoms. The highest BCUT2D eigenvalue weighted by atomic mass is 35.5. The highest BCUT2D eigenvalue weighted by molar-refractivity contribution is 7.89. The number of carbonyl (C=O) groups excluding carboxylic acids is 2. The maximum atomic E-state index is 13.0. The molecule has 1 aliphatic heterocycles. The molecule has 176 valence electrons. The summed E-state index contributed by atoms with van der Waals surface area (Å²) in [6, 6.07) is 11.9. The van der Waals surface area contributed by atoms with Gasteiger partial charge in [0.2, 0.25) is 10.0 Å². The van der Waals surface area contributed by atoms with Crippen LogP contribution in [0.25, 0.3) is 0 Å². The molecule has 0 radical (unpaired) electrons. The molecule has 2 aliphatic rings. The van der Waals surface area contributed by atoms with Gasteiger partial charge in [0.25, 0.3) is 5.91 Å². The molecule has 0 bridgehead atoms. The molecule has 1 heterocycles. The zero-order chi connectivity index (χ0) is 23.4. The van der Waals surface area contributed by atoms with Gasteiger partial charge in [0.05, 0.1) is 16.6 Å². The molecule has 7 nitrogen and oxygen atoms in total. The van der Waals surface area contributed by atoms with E-state index in [0.717, 1.165) is 44.1 Å². The molecule has 1 fully saturated rings. The zero-order valence-electron chi connectivity index (χ0n) is 18.3. The Kier molecular flexibility index (Phi) is 7.36. The van der Waals surface area contributed by atoms with Gasteiger partial charge in [0.1, 0.15) is 4.90 Å². The van der Waals surface area contributed by atoms with Crippen molar-refractivity contribution in [3.8, 4) is 0 Å². The van der Waals surface area contributed by atoms with Gasteiger partial charge in [-0.05, 0) is 61.4 Å². The van der Waals surface area contributed by atoms with Crippen LogP contribution in [0.15, 0.2) is 47.4 Å². The lowest BCUT2D eigenvalue weighted by atomic mass is 9.88. The molecule has 2 aromatic rings. The molecule has 1 atom stereocenters. The van der Waals surface area contributed by atoms with E-state index in [1.54, 1.807) is 0 Å². The minimum Gasteiger partial charge on any atom is -0.452 e. The molecule has 1 aliphatic carbocycles. The highest BCUT2D eigenvalue weighted by Gasteiger charge is 2.29. The SMILES string of the molecule is O=C(COC(=O)c1ccc(Cl)c(S(=O)(=O)N2CCCCC2)c1)NC1CCCc2ccccc21. The Morgan fingerprint density at radius 3 is 2.61 bits per heavy atom. The van der Waals surface area contributed by atoms with E-state index in [9.17, 15) is 18.0 Å². The van der Waals surface area contributed by atoms with Gasteiger partial charge in [0, 0.05) is 13.1 Å². The summed E-state index contributed by atoms with van der Waals surface area (Å²) in [4.78, 5) is 24.9. The maximum Gasteiger partial charge on any atom is 0.338 e. The van der Waals surface area contributed by atoms with E-state index in [4.69, 9.17) is 16.3 Å². The fraction of sp³-hybridized carbons (Fsp3) is 0.417. The summed E-state index contributed by atoms with van der Waals surface area (Å²) in [5.74, 6) is -1.18. The first kappa shape index (κ1) is 23.7. The predicted molar refractivity (Wildman–Crippen MR) is 125 cm³/mol. The van der Waals surface area contributed by atoms with Gasteiger partial charge >= 0.3 is 5.97 Å². The smallest absolute Gasteiger partial charge is 0.338 e. The maximum absolute atomic E-state index is 13.0. The van der Waals surface area contributed by atoms with E-state index in [2.05, 4.69) is 11.4 Å². The summed E-state index contributed by atoms with van der Waals surface area (Å²) in [6.07, 6.45) is 5.35. The molecule has 4 rings (SSSR count). The van der Waals surface area contributed by atoms with Crippen LogP contribution in [-0.2, 0) is 26.0 Å². The summed E-state index contributed by atoms with van der Waals surface area (Å²) in [5.41, 5.74) is 2.34. The number of hydrogen-bond acceptors (Lipinski definition) is 5. The zero-order valence-corrected chi connectivity index (χ0v) is 19.8. The van der Waals surface area contributed by atoms with Gasteiger partial charge in [-0.3, -0.25) is 4.79 Å². The van der Waals surface area contributed by atoms with Crippen molar-refractivity contribution >= 4 is 33.5 Å². The monoisotopic (exact) mass is 490 g/mol. The van der Waals surface area contributed by atoms with Gasteiger partial charge in [-0.15, -0.1) is 0 Å². The number of piperidine rings is 1. The summed E-state index contributed by atoms with van der Waals surface area (Å²) in [5, 5.41) is 2.98. The number of fused-ring (bicyclic) bond motifs is 1. The van der Waals surface area contributed by atoms with Crippen molar-refractivity contribution in [2.75, 3.05) is 19.7 Å². The average molecular weight is 491 g/mol. The molecule has 1 saturated heterocycles. The van der Waals surface area contributed by atoms with Crippen LogP contribution < -0.4 is 5.32 Å². The number of sulfonamides is 1.